The first kappa shape index (κ1) is 12.8. The molecule has 3 rings (SSSR count). The number of hydrogen-bond acceptors (Lipinski definition) is 3. The molecule has 0 aliphatic carbocycles. The molecule has 0 saturated carbocycles. The second-order valence-electron chi connectivity index (χ2n) is 4.71. The summed E-state index contributed by atoms with van der Waals surface area (Å²) in [5.74, 6) is 0. The molecule has 0 fully saturated rings. The van der Waals surface area contributed by atoms with E-state index < -0.39 is 0 Å². The standard InChI is InChI=1S/C16H14ClN3/c1-10-4-6-15(12(17)9-10)20-14-7-5-13(18)16-11(14)3-2-8-19-16/h2-9,20H,18H2,1H3. The molecule has 0 aliphatic rings. The molecule has 3 aromatic rings. The monoisotopic (exact) mass is 283 g/mol. The maximum Gasteiger partial charge on any atom is 0.0951 e. The molecule has 2 aromatic carbocycles. The maximum absolute atomic E-state index is 6.26. The molecule has 4 heteroatoms. The lowest BCUT2D eigenvalue weighted by Gasteiger charge is -2.12. The zero-order valence-corrected chi connectivity index (χ0v) is 11.8. The third-order valence-electron chi connectivity index (χ3n) is 3.19. The van der Waals surface area contributed by atoms with Crippen LogP contribution in [0.5, 0.6) is 0 Å². The summed E-state index contributed by atoms with van der Waals surface area (Å²) in [6.45, 7) is 2.01. The van der Waals surface area contributed by atoms with Crippen molar-refractivity contribution in [2.75, 3.05) is 11.1 Å². The van der Waals surface area contributed by atoms with Crippen LogP contribution in [0.3, 0.4) is 0 Å². The van der Waals surface area contributed by atoms with Gasteiger partial charge in [0.15, 0.2) is 0 Å². The molecule has 0 bridgehead atoms. The summed E-state index contributed by atoms with van der Waals surface area (Å²) in [7, 11) is 0. The van der Waals surface area contributed by atoms with Gasteiger partial charge in [-0.15, -0.1) is 0 Å². The highest BCUT2D eigenvalue weighted by Gasteiger charge is 2.07. The highest BCUT2D eigenvalue weighted by molar-refractivity contribution is 6.33. The fourth-order valence-electron chi connectivity index (χ4n) is 2.17. The van der Waals surface area contributed by atoms with E-state index >= 15 is 0 Å². The molecule has 3 nitrogen and oxygen atoms in total. The van der Waals surface area contributed by atoms with Crippen LogP contribution in [0.15, 0.2) is 48.7 Å². The first-order valence-electron chi connectivity index (χ1n) is 6.31. The zero-order valence-electron chi connectivity index (χ0n) is 11.0. The van der Waals surface area contributed by atoms with Crippen LogP contribution in [-0.2, 0) is 0 Å². The highest BCUT2D eigenvalue weighted by atomic mass is 35.5. The van der Waals surface area contributed by atoms with Crippen LogP contribution in [0.1, 0.15) is 5.56 Å². The van der Waals surface area contributed by atoms with E-state index in [1.165, 1.54) is 0 Å². The molecule has 0 unspecified atom stereocenters. The summed E-state index contributed by atoms with van der Waals surface area (Å²) < 4.78 is 0. The Morgan fingerprint density at radius 2 is 1.90 bits per heavy atom. The lowest BCUT2D eigenvalue weighted by Crippen LogP contribution is -1.96. The Bertz CT molecular complexity index is 784. The van der Waals surface area contributed by atoms with Gasteiger partial charge >= 0.3 is 0 Å². The Kier molecular flexibility index (Phi) is 3.20. The number of aryl methyl sites for hydroxylation is 1. The van der Waals surface area contributed by atoms with Crippen molar-refractivity contribution in [2.24, 2.45) is 0 Å². The van der Waals surface area contributed by atoms with Crippen molar-refractivity contribution in [1.82, 2.24) is 4.98 Å². The predicted molar refractivity (Wildman–Crippen MR) is 85.6 cm³/mol. The van der Waals surface area contributed by atoms with Crippen LogP contribution in [0.2, 0.25) is 5.02 Å². The third kappa shape index (κ3) is 2.28. The summed E-state index contributed by atoms with van der Waals surface area (Å²) in [4.78, 5) is 4.32. The SMILES string of the molecule is Cc1ccc(Nc2ccc(N)c3ncccc23)c(Cl)c1. The van der Waals surface area contributed by atoms with Gasteiger partial charge in [-0.1, -0.05) is 17.7 Å². The summed E-state index contributed by atoms with van der Waals surface area (Å²) in [6.07, 6.45) is 1.74. The number of aromatic nitrogens is 1. The number of rotatable bonds is 2. The van der Waals surface area contributed by atoms with Crippen LogP contribution >= 0.6 is 11.6 Å². The van der Waals surface area contributed by atoms with Gasteiger partial charge in [-0.05, 0) is 48.9 Å². The van der Waals surface area contributed by atoms with Crippen LogP contribution in [-0.4, -0.2) is 4.98 Å². The first-order valence-corrected chi connectivity index (χ1v) is 6.69. The van der Waals surface area contributed by atoms with E-state index in [1.54, 1.807) is 6.20 Å². The summed E-state index contributed by atoms with van der Waals surface area (Å²) in [5.41, 5.74) is 10.3. The molecule has 0 spiro atoms. The van der Waals surface area contributed by atoms with Crippen molar-refractivity contribution < 1.29 is 0 Å². The number of nitrogens with two attached hydrogens (primary N) is 1. The number of nitrogens with zero attached hydrogens (tertiary/aromatic N) is 1. The topological polar surface area (TPSA) is 50.9 Å². The first-order chi connectivity index (χ1) is 9.65. The molecule has 0 saturated heterocycles. The van der Waals surface area contributed by atoms with Gasteiger partial charge in [-0.2, -0.15) is 0 Å². The lowest BCUT2D eigenvalue weighted by atomic mass is 10.1. The zero-order chi connectivity index (χ0) is 14.1. The third-order valence-corrected chi connectivity index (χ3v) is 3.51. The predicted octanol–water partition coefficient (Wildman–Crippen LogP) is 4.52. The van der Waals surface area contributed by atoms with Gasteiger partial charge in [0.05, 0.1) is 21.9 Å². The van der Waals surface area contributed by atoms with Crippen molar-refractivity contribution in [1.29, 1.82) is 0 Å². The molecule has 3 N–H and O–H groups in total. The van der Waals surface area contributed by atoms with Crippen LogP contribution < -0.4 is 11.1 Å². The van der Waals surface area contributed by atoms with Crippen molar-refractivity contribution in [2.45, 2.75) is 6.92 Å². The second kappa shape index (κ2) is 5.02. The number of halogens is 1. The largest absolute Gasteiger partial charge is 0.397 e. The van der Waals surface area contributed by atoms with Gasteiger partial charge in [-0.3, -0.25) is 4.98 Å². The Balaban J connectivity index is 2.09. The second-order valence-corrected chi connectivity index (χ2v) is 5.12. The summed E-state index contributed by atoms with van der Waals surface area (Å²) in [6, 6.07) is 13.6. The van der Waals surface area contributed by atoms with Crippen molar-refractivity contribution in [3.8, 4) is 0 Å². The Hall–Kier alpha value is -2.26. The van der Waals surface area contributed by atoms with E-state index in [-0.39, 0.29) is 0 Å². The number of nitrogens with one attached hydrogen (secondary N) is 1. The molecule has 0 amide bonds. The molecule has 1 aromatic heterocycles. The molecule has 20 heavy (non-hydrogen) atoms. The van der Waals surface area contributed by atoms with Gasteiger partial charge in [0.25, 0.3) is 0 Å². The van der Waals surface area contributed by atoms with E-state index in [9.17, 15) is 0 Å². The number of benzene rings is 2. The molecule has 100 valence electrons. The Morgan fingerprint density at radius 1 is 1.10 bits per heavy atom. The van der Waals surface area contributed by atoms with E-state index in [0.29, 0.717) is 10.7 Å². The minimum absolute atomic E-state index is 0.668. The van der Waals surface area contributed by atoms with Crippen molar-refractivity contribution in [3.63, 3.8) is 0 Å². The molecular formula is C16H14ClN3. The number of pyridine rings is 1. The van der Waals surface area contributed by atoms with Crippen LogP contribution in [0, 0.1) is 6.92 Å². The minimum atomic E-state index is 0.668. The highest BCUT2D eigenvalue weighted by Crippen LogP contribution is 2.31. The average molecular weight is 284 g/mol. The Labute approximate surface area is 122 Å². The normalized spacial score (nSPS) is 10.7. The molecule has 0 atom stereocenters. The van der Waals surface area contributed by atoms with Gasteiger partial charge in [0.2, 0.25) is 0 Å². The van der Waals surface area contributed by atoms with Crippen LogP contribution in [0.25, 0.3) is 10.9 Å². The van der Waals surface area contributed by atoms with Gasteiger partial charge in [0.1, 0.15) is 0 Å². The van der Waals surface area contributed by atoms with E-state index in [2.05, 4.69) is 10.3 Å². The molecule has 0 aliphatic heterocycles. The fraction of sp³-hybridized carbons (Fsp3) is 0.0625. The van der Waals surface area contributed by atoms with E-state index in [0.717, 1.165) is 27.8 Å². The number of fused-ring (bicyclic) bond motifs is 1. The average Bonchev–Trinajstić information content (AvgIpc) is 2.45. The van der Waals surface area contributed by atoms with E-state index in [1.807, 2.05) is 49.4 Å². The van der Waals surface area contributed by atoms with Crippen molar-refractivity contribution in [3.05, 3.63) is 59.2 Å². The molecule has 1 heterocycles. The fourth-order valence-corrected chi connectivity index (χ4v) is 2.45. The summed E-state index contributed by atoms with van der Waals surface area (Å²) >= 11 is 6.26. The number of anilines is 3. The van der Waals surface area contributed by atoms with Crippen LogP contribution in [0.4, 0.5) is 17.1 Å². The smallest absolute Gasteiger partial charge is 0.0951 e. The lowest BCUT2D eigenvalue weighted by molar-refractivity contribution is 1.41. The van der Waals surface area contributed by atoms with Crippen molar-refractivity contribution >= 4 is 39.6 Å². The maximum atomic E-state index is 6.26. The van der Waals surface area contributed by atoms with E-state index in [4.69, 9.17) is 17.3 Å². The Morgan fingerprint density at radius 3 is 2.70 bits per heavy atom. The summed E-state index contributed by atoms with van der Waals surface area (Å²) in [5, 5.41) is 5.01. The number of nitrogen functional groups attached to an aromatic ring is 1. The van der Waals surface area contributed by atoms with Gasteiger partial charge in [0, 0.05) is 17.3 Å². The van der Waals surface area contributed by atoms with Gasteiger partial charge < -0.3 is 11.1 Å². The molecule has 0 radical (unpaired) electrons. The quantitative estimate of drug-likeness (QED) is 0.680. The number of hydrogen-bond donors (Lipinski definition) is 2. The minimum Gasteiger partial charge on any atom is -0.397 e. The molecular weight excluding hydrogens is 270 g/mol. The van der Waals surface area contributed by atoms with Gasteiger partial charge in [-0.25, -0.2) is 0 Å².